The van der Waals surface area contributed by atoms with Crippen LogP contribution in [0.4, 0.5) is 0 Å². The monoisotopic (exact) mass is 502 g/mol. The van der Waals surface area contributed by atoms with Crippen molar-refractivity contribution < 1.29 is 4.43 Å². The standard InChI is InChI=1S/C12H23OSi.3C4H9.Sn/c1-5-8-11-9-6-7-10-12(11)13-14(2,3)4;3*1-3-4-2;/h5,8,11-12H,1,6-7,9-10H2,2-4H3;3*1,3-4H2,2H3;/b8-5+;;;;. The van der Waals surface area contributed by atoms with Crippen molar-refractivity contribution in [1.29, 1.82) is 0 Å². The normalized spacial score (nSPS) is 21.9. The van der Waals surface area contributed by atoms with Crippen LogP contribution in [0, 0.1) is 5.92 Å². The Morgan fingerprint density at radius 2 is 1.37 bits per heavy atom. The predicted octanol–water partition coefficient (Wildman–Crippen LogP) is 8.80. The number of hydrogen-bond acceptors (Lipinski definition) is 1. The summed E-state index contributed by atoms with van der Waals surface area (Å²) in [6.07, 6.45) is 19.8. The van der Waals surface area contributed by atoms with E-state index < -0.39 is 26.7 Å². The third-order valence-corrected chi connectivity index (χ3v) is 22.6. The van der Waals surface area contributed by atoms with Crippen LogP contribution < -0.4 is 0 Å². The van der Waals surface area contributed by atoms with Crippen LogP contribution in [-0.2, 0) is 4.43 Å². The summed E-state index contributed by atoms with van der Waals surface area (Å²) in [4.78, 5) is 0. The molecule has 2 atom stereocenters. The number of rotatable bonds is 14. The van der Waals surface area contributed by atoms with Gasteiger partial charge < -0.3 is 0 Å². The molecule has 160 valence electrons. The molecule has 0 aliphatic heterocycles. The molecule has 2 unspecified atom stereocenters. The van der Waals surface area contributed by atoms with Crippen LogP contribution in [0.2, 0.25) is 37.4 Å². The maximum absolute atomic E-state index is 6.57. The second kappa shape index (κ2) is 13.8. The van der Waals surface area contributed by atoms with Crippen LogP contribution in [0.5, 0.6) is 0 Å². The van der Waals surface area contributed by atoms with Gasteiger partial charge in [0.15, 0.2) is 0 Å². The fourth-order valence-corrected chi connectivity index (χ4v) is 21.1. The van der Waals surface area contributed by atoms with Crippen LogP contribution >= 0.6 is 0 Å². The summed E-state index contributed by atoms with van der Waals surface area (Å²) in [7, 11) is -1.44. The fraction of sp³-hybridized carbons (Fsp3) is 0.917. The molecular weight excluding hydrogens is 451 g/mol. The second-order valence-electron chi connectivity index (χ2n) is 10.2. The average molecular weight is 501 g/mol. The summed E-state index contributed by atoms with van der Waals surface area (Å²) in [6.45, 7) is 14.2. The van der Waals surface area contributed by atoms with Gasteiger partial charge in [-0.25, -0.2) is 0 Å². The van der Waals surface area contributed by atoms with Gasteiger partial charge in [-0.05, 0) is 0 Å². The van der Waals surface area contributed by atoms with Gasteiger partial charge in [-0.15, -0.1) is 0 Å². The topological polar surface area (TPSA) is 9.23 Å². The zero-order valence-electron chi connectivity index (χ0n) is 19.6. The van der Waals surface area contributed by atoms with E-state index in [1.165, 1.54) is 68.6 Å². The van der Waals surface area contributed by atoms with Crippen molar-refractivity contribution in [3.05, 3.63) is 12.2 Å². The quantitative estimate of drug-likeness (QED) is 0.171. The van der Waals surface area contributed by atoms with Crippen LogP contribution in [0.3, 0.4) is 0 Å². The van der Waals surface area contributed by atoms with Crippen molar-refractivity contribution in [2.45, 2.75) is 128 Å². The molecule has 0 aromatic heterocycles. The molecule has 1 nitrogen and oxygen atoms in total. The molecule has 0 radical (unpaired) electrons. The summed E-state index contributed by atoms with van der Waals surface area (Å²) in [6, 6.07) is 0. The van der Waals surface area contributed by atoms with Crippen molar-refractivity contribution in [2.24, 2.45) is 5.92 Å². The molecule has 0 spiro atoms. The van der Waals surface area contributed by atoms with E-state index in [0.717, 1.165) is 0 Å². The van der Waals surface area contributed by atoms with Crippen molar-refractivity contribution in [3.8, 4) is 0 Å². The zero-order chi connectivity index (χ0) is 20.2. The van der Waals surface area contributed by atoms with Crippen LogP contribution in [0.15, 0.2) is 12.2 Å². The van der Waals surface area contributed by atoms with E-state index in [-0.39, 0.29) is 0 Å². The molecule has 1 saturated carbocycles. The van der Waals surface area contributed by atoms with Gasteiger partial charge in [-0.2, -0.15) is 0 Å². The molecular formula is C24H50OSiSn. The van der Waals surface area contributed by atoms with E-state index in [4.69, 9.17) is 4.43 Å². The van der Waals surface area contributed by atoms with Gasteiger partial charge in [0.2, 0.25) is 0 Å². The van der Waals surface area contributed by atoms with Crippen molar-refractivity contribution in [2.75, 3.05) is 0 Å². The van der Waals surface area contributed by atoms with Gasteiger partial charge in [0, 0.05) is 0 Å². The molecule has 1 fully saturated rings. The Kier molecular flexibility index (Phi) is 13.2. The van der Waals surface area contributed by atoms with Crippen LogP contribution in [0.25, 0.3) is 0 Å². The Bertz CT molecular complexity index is 380. The minimum atomic E-state index is -2.00. The fourth-order valence-electron chi connectivity index (χ4n) is 4.78. The number of unbranched alkanes of at least 4 members (excludes halogenated alkanes) is 3. The van der Waals surface area contributed by atoms with Gasteiger partial charge in [0.25, 0.3) is 0 Å². The van der Waals surface area contributed by atoms with Gasteiger partial charge in [0.1, 0.15) is 0 Å². The first-order valence-electron chi connectivity index (χ1n) is 12.2. The van der Waals surface area contributed by atoms with Crippen molar-refractivity contribution in [1.82, 2.24) is 0 Å². The molecule has 0 bridgehead atoms. The van der Waals surface area contributed by atoms with E-state index in [1.54, 1.807) is 13.3 Å². The van der Waals surface area contributed by atoms with Gasteiger partial charge in [0.05, 0.1) is 0 Å². The predicted molar refractivity (Wildman–Crippen MR) is 129 cm³/mol. The molecule has 0 N–H and O–H groups in total. The first-order chi connectivity index (χ1) is 12.9. The molecule has 1 aliphatic carbocycles. The van der Waals surface area contributed by atoms with E-state index in [0.29, 0.717) is 12.0 Å². The van der Waals surface area contributed by atoms with Gasteiger partial charge in [-0.3, -0.25) is 0 Å². The van der Waals surface area contributed by atoms with Gasteiger partial charge in [-0.1, -0.05) is 0 Å². The zero-order valence-corrected chi connectivity index (χ0v) is 23.5. The molecule has 0 heterocycles. The van der Waals surface area contributed by atoms with E-state index in [2.05, 4.69) is 52.6 Å². The Hall–Kier alpha value is 0.716. The maximum atomic E-state index is 6.57. The minimum absolute atomic E-state index is 0.508. The summed E-state index contributed by atoms with van der Waals surface area (Å²) >= 11 is -2.00. The second-order valence-corrected chi connectivity index (χ2v) is 28.6. The third-order valence-electron chi connectivity index (χ3n) is 6.37. The Balaban J connectivity index is 2.78. The molecule has 0 aromatic carbocycles. The molecule has 0 aromatic rings. The Labute approximate surface area is 177 Å². The van der Waals surface area contributed by atoms with E-state index in [1.807, 2.05) is 0 Å². The summed E-state index contributed by atoms with van der Waals surface area (Å²) in [5.41, 5.74) is 0. The summed E-state index contributed by atoms with van der Waals surface area (Å²) < 4.78 is 13.0. The van der Waals surface area contributed by atoms with Crippen LogP contribution in [0.1, 0.15) is 85.0 Å². The SMILES string of the molecule is CCC[CH2][Sn]([CH2]/C=C/C1CCCCC1O[Si](C)(C)C)([CH2]CCC)[CH2]CCC. The van der Waals surface area contributed by atoms with Crippen molar-refractivity contribution in [3.63, 3.8) is 0 Å². The van der Waals surface area contributed by atoms with Gasteiger partial charge >= 0.3 is 178 Å². The van der Waals surface area contributed by atoms with Crippen molar-refractivity contribution >= 4 is 26.7 Å². The number of allylic oxidation sites excluding steroid dienone is 1. The molecule has 27 heavy (non-hydrogen) atoms. The molecule has 0 saturated heterocycles. The third kappa shape index (κ3) is 10.9. The first-order valence-corrected chi connectivity index (χ1v) is 23.7. The first kappa shape index (κ1) is 25.8. The summed E-state index contributed by atoms with van der Waals surface area (Å²) in [5.74, 6) is 0.693. The summed E-state index contributed by atoms with van der Waals surface area (Å²) in [5, 5.41) is 0. The Morgan fingerprint density at radius 3 is 1.85 bits per heavy atom. The Morgan fingerprint density at radius 1 is 0.852 bits per heavy atom. The van der Waals surface area contributed by atoms with E-state index >= 15 is 0 Å². The molecule has 3 heteroatoms. The van der Waals surface area contributed by atoms with E-state index in [9.17, 15) is 0 Å². The number of hydrogen-bond donors (Lipinski definition) is 0. The molecule has 0 amide bonds. The molecule has 1 rings (SSSR count). The average Bonchev–Trinajstić information content (AvgIpc) is 2.63. The molecule has 1 aliphatic rings. The van der Waals surface area contributed by atoms with Crippen LogP contribution in [-0.4, -0.2) is 32.8 Å².